The zero-order valence-electron chi connectivity index (χ0n) is 10.8. The average Bonchev–Trinajstić information content (AvgIpc) is 2.65. The normalized spacial score (nSPS) is 12.7. The van der Waals surface area contributed by atoms with E-state index in [-0.39, 0.29) is 11.9 Å². The Bertz CT molecular complexity index is 536. The summed E-state index contributed by atoms with van der Waals surface area (Å²) in [6, 6.07) is 6.88. The molecule has 2 nitrogen and oxygen atoms in total. The number of nitrogens with zero attached hydrogens (tertiary/aromatic N) is 1. The lowest BCUT2D eigenvalue weighted by Crippen LogP contribution is -2.18. The topological polar surface area (TPSA) is 24.9 Å². The Labute approximate surface area is 111 Å². The zero-order chi connectivity index (χ0) is 13.1. The lowest BCUT2D eigenvalue weighted by molar-refractivity contribution is 0.529. The summed E-state index contributed by atoms with van der Waals surface area (Å²) in [7, 11) is 0. The second-order valence-corrected chi connectivity index (χ2v) is 5.65. The van der Waals surface area contributed by atoms with Gasteiger partial charge in [-0.25, -0.2) is 9.37 Å². The predicted molar refractivity (Wildman–Crippen MR) is 73.2 cm³/mol. The highest BCUT2D eigenvalue weighted by molar-refractivity contribution is 7.11. The number of thiazole rings is 1. The van der Waals surface area contributed by atoms with Gasteiger partial charge in [0, 0.05) is 23.0 Å². The Balaban J connectivity index is 2.03. The fourth-order valence-electron chi connectivity index (χ4n) is 1.92. The molecule has 1 unspecified atom stereocenters. The molecule has 1 N–H and O–H groups in total. The van der Waals surface area contributed by atoms with E-state index in [0.717, 1.165) is 17.2 Å². The van der Waals surface area contributed by atoms with Gasteiger partial charge in [-0.2, -0.15) is 0 Å². The molecular formula is C14H17FN2S. The number of hydrogen-bond donors (Lipinski definition) is 1. The van der Waals surface area contributed by atoms with Crippen molar-refractivity contribution in [2.24, 2.45) is 0 Å². The maximum Gasteiger partial charge on any atom is 0.127 e. The summed E-state index contributed by atoms with van der Waals surface area (Å²) in [5.74, 6) is -0.158. The van der Waals surface area contributed by atoms with Gasteiger partial charge in [-0.15, -0.1) is 11.3 Å². The van der Waals surface area contributed by atoms with Crippen molar-refractivity contribution >= 4 is 11.3 Å². The van der Waals surface area contributed by atoms with Crippen LogP contribution in [-0.2, 0) is 6.54 Å². The molecule has 2 aromatic rings. The third kappa shape index (κ3) is 2.94. The first-order valence-electron chi connectivity index (χ1n) is 5.98. The summed E-state index contributed by atoms with van der Waals surface area (Å²) >= 11 is 1.69. The molecule has 0 amide bonds. The number of hydrogen-bond acceptors (Lipinski definition) is 3. The smallest absolute Gasteiger partial charge is 0.127 e. The van der Waals surface area contributed by atoms with Crippen LogP contribution in [0.1, 0.15) is 34.1 Å². The van der Waals surface area contributed by atoms with E-state index in [2.05, 4.69) is 10.3 Å². The van der Waals surface area contributed by atoms with Crippen LogP contribution in [-0.4, -0.2) is 4.98 Å². The van der Waals surface area contributed by atoms with Crippen LogP contribution >= 0.6 is 11.3 Å². The van der Waals surface area contributed by atoms with Crippen molar-refractivity contribution in [3.05, 3.63) is 51.2 Å². The quantitative estimate of drug-likeness (QED) is 0.909. The van der Waals surface area contributed by atoms with E-state index >= 15 is 0 Å². The molecule has 1 aromatic heterocycles. The number of rotatable bonds is 4. The van der Waals surface area contributed by atoms with Crippen LogP contribution in [0, 0.1) is 19.7 Å². The molecule has 18 heavy (non-hydrogen) atoms. The summed E-state index contributed by atoms with van der Waals surface area (Å²) in [6.07, 6.45) is 0. The zero-order valence-corrected chi connectivity index (χ0v) is 11.6. The van der Waals surface area contributed by atoms with Gasteiger partial charge < -0.3 is 5.32 Å². The molecule has 1 atom stereocenters. The van der Waals surface area contributed by atoms with Crippen molar-refractivity contribution in [1.82, 2.24) is 10.3 Å². The van der Waals surface area contributed by atoms with Gasteiger partial charge in [0.15, 0.2) is 0 Å². The Morgan fingerprint density at radius 3 is 2.67 bits per heavy atom. The number of aromatic nitrogens is 1. The molecule has 0 radical (unpaired) electrons. The largest absolute Gasteiger partial charge is 0.305 e. The van der Waals surface area contributed by atoms with Gasteiger partial charge in [0.25, 0.3) is 0 Å². The van der Waals surface area contributed by atoms with Crippen LogP contribution in [0.2, 0.25) is 0 Å². The lowest BCUT2D eigenvalue weighted by Gasteiger charge is -2.14. The van der Waals surface area contributed by atoms with E-state index in [1.807, 2.05) is 32.9 Å². The van der Waals surface area contributed by atoms with Gasteiger partial charge in [0.1, 0.15) is 5.82 Å². The average molecular weight is 264 g/mol. The first-order chi connectivity index (χ1) is 8.58. The van der Waals surface area contributed by atoms with Crippen LogP contribution in [0.25, 0.3) is 0 Å². The summed E-state index contributed by atoms with van der Waals surface area (Å²) in [5.41, 5.74) is 1.77. The minimum absolute atomic E-state index is 0.00648. The minimum atomic E-state index is -0.158. The number of nitrogens with one attached hydrogen (secondary N) is 1. The Morgan fingerprint density at radius 1 is 1.33 bits per heavy atom. The summed E-state index contributed by atoms with van der Waals surface area (Å²) in [6.45, 7) is 6.71. The SMILES string of the molecule is Cc1nc(C)c(CNC(C)c2ccccc2F)s1. The van der Waals surface area contributed by atoms with E-state index in [0.29, 0.717) is 5.56 Å². The van der Waals surface area contributed by atoms with Crippen LogP contribution < -0.4 is 5.32 Å². The van der Waals surface area contributed by atoms with Gasteiger partial charge in [-0.05, 0) is 26.8 Å². The van der Waals surface area contributed by atoms with Crippen LogP contribution in [0.3, 0.4) is 0 Å². The van der Waals surface area contributed by atoms with E-state index in [9.17, 15) is 4.39 Å². The molecule has 4 heteroatoms. The van der Waals surface area contributed by atoms with Gasteiger partial charge in [0.05, 0.1) is 10.7 Å². The van der Waals surface area contributed by atoms with Crippen LogP contribution in [0.15, 0.2) is 24.3 Å². The Hall–Kier alpha value is -1.26. The van der Waals surface area contributed by atoms with Crippen molar-refractivity contribution in [1.29, 1.82) is 0 Å². The van der Waals surface area contributed by atoms with Gasteiger partial charge >= 0.3 is 0 Å². The molecule has 2 rings (SSSR count). The monoisotopic (exact) mass is 264 g/mol. The summed E-state index contributed by atoms with van der Waals surface area (Å²) in [5, 5.41) is 4.41. The third-order valence-corrected chi connectivity index (χ3v) is 4.01. The molecule has 0 bridgehead atoms. The molecule has 96 valence electrons. The minimum Gasteiger partial charge on any atom is -0.305 e. The summed E-state index contributed by atoms with van der Waals surface area (Å²) < 4.78 is 13.6. The molecule has 0 aliphatic heterocycles. The number of aryl methyl sites for hydroxylation is 2. The second kappa shape index (κ2) is 5.59. The highest BCUT2D eigenvalue weighted by Crippen LogP contribution is 2.20. The fraction of sp³-hybridized carbons (Fsp3) is 0.357. The standard InChI is InChI=1S/C14H17FN2S/c1-9(12-6-4-5-7-13(12)15)16-8-14-10(2)17-11(3)18-14/h4-7,9,16H,8H2,1-3H3. The van der Waals surface area contributed by atoms with E-state index in [4.69, 9.17) is 0 Å². The van der Waals surface area contributed by atoms with Gasteiger partial charge in [-0.3, -0.25) is 0 Å². The van der Waals surface area contributed by atoms with Crippen molar-refractivity contribution in [3.8, 4) is 0 Å². The molecule has 0 saturated heterocycles. The van der Waals surface area contributed by atoms with Crippen molar-refractivity contribution in [2.75, 3.05) is 0 Å². The third-order valence-electron chi connectivity index (χ3n) is 2.94. The fourth-order valence-corrected chi connectivity index (χ4v) is 2.81. The van der Waals surface area contributed by atoms with E-state index in [1.165, 1.54) is 10.9 Å². The highest BCUT2D eigenvalue weighted by atomic mass is 32.1. The second-order valence-electron chi connectivity index (χ2n) is 4.37. The van der Waals surface area contributed by atoms with Crippen molar-refractivity contribution in [2.45, 2.75) is 33.4 Å². The molecule has 0 aliphatic carbocycles. The van der Waals surface area contributed by atoms with E-state index < -0.39 is 0 Å². The molecule has 1 heterocycles. The van der Waals surface area contributed by atoms with Crippen molar-refractivity contribution in [3.63, 3.8) is 0 Å². The Morgan fingerprint density at radius 2 is 2.06 bits per heavy atom. The van der Waals surface area contributed by atoms with Crippen LogP contribution in [0.4, 0.5) is 4.39 Å². The maximum absolute atomic E-state index is 13.6. The predicted octanol–water partition coefficient (Wildman–Crippen LogP) is 3.75. The highest BCUT2D eigenvalue weighted by Gasteiger charge is 2.11. The summed E-state index contributed by atoms with van der Waals surface area (Å²) in [4.78, 5) is 5.60. The van der Waals surface area contributed by atoms with Gasteiger partial charge in [0.2, 0.25) is 0 Å². The van der Waals surface area contributed by atoms with Gasteiger partial charge in [-0.1, -0.05) is 18.2 Å². The molecular weight excluding hydrogens is 247 g/mol. The number of halogens is 1. The molecule has 0 saturated carbocycles. The Kier molecular flexibility index (Phi) is 4.09. The lowest BCUT2D eigenvalue weighted by atomic mass is 10.1. The van der Waals surface area contributed by atoms with Crippen LogP contribution in [0.5, 0.6) is 0 Å². The number of benzene rings is 1. The first-order valence-corrected chi connectivity index (χ1v) is 6.80. The van der Waals surface area contributed by atoms with E-state index in [1.54, 1.807) is 17.4 Å². The molecule has 0 spiro atoms. The van der Waals surface area contributed by atoms with Crippen molar-refractivity contribution < 1.29 is 4.39 Å². The maximum atomic E-state index is 13.6. The molecule has 0 aliphatic rings. The first kappa shape index (κ1) is 13.2. The molecule has 0 fully saturated rings. The molecule has 1 aromatic carbocycles.